The first-order chi connectivity index (χ1) is 5.92. The second-order valence-corrected chi connectivity index (χ2v) is 3.55. The van der Waals surface area contributed by atoms with E-state index in [0.717, 1.165) is 6.54 Å². The minimum absolute atomic E-state index is 1.14. The van der Waals surface area contributed by atoms with Crippen molar-refractivity contribution in [2.75, 3.05) is 0 Å². The Balaban J connectivity index is 2.25. The molecule has 0 fully saturated rings. The number of hydrogen-bond acceptors (Lipinski definition) is 1. The van der Waals surface area contributed by atoms with Crippen molar-refractivity contribution in [2.24, 2.45) is 0 Å². The lowest BCUT2D eigenvalue weighted by molar-refractivity contribution is 0.484. The zero-order chi connectivity index (χ0) is 8.39. The Bertz CT molecular complexity index is 263. The summed E-state index contributed by atoms with van der Waals surface area (Å²) in [5, 5.41) is 4.39. The molecule has 0 saturated carbocycles. The monoisotopic (exact) mass is 164 g/mol. The van der Waals surface area contributed by atoms with E-state index in [9.17, 15) is 0 Å². The maximum Gasteiger partial charge on any atom is 0.0524 e. The van der Waals surface area contributed by atoms with E-state index in [1.165, 1.54) is 43.4 Å². The second kappa shape index (κ2) is 3.30. The summed E-state index contributed by atoms with van der Waals surface area (Å²) in [7, 11) is 0. The molecule has 66 valence electrons. The maximum absolute atomic E-state index is 4.39. The van der Waals surface area contributed by atoms with E-state index in [1.807, 2.05) is 0 Å². The largest absolute Gasteiger partial charge is 0.269 e. The van der Waals surface area contributed by atoms with E-state index in [0.29, 0.717) is 0 Å². The molecule has 0 unspecified atom stereocenters. The van der Waals surface area contributed by atoms with Crippen LogP contribution >= 0.6 is 0 Å². The Morgan fingerprint density at radius 3 is 3.25 bits per heavy atom. The number of fused-ring (bicyclic) bond motifs is 1. The van der Waals surface area contributed by atoms with Crippen LogP contribution in [0.2, 0.25) is 0 Å². The van der Waals surface area contributed by atoms with Crippen LogP contribution in [0.4, 0.5) is 0 Å². The van der Waals surface area contributed by atoms with Gasteiger partial charge in [0.05, 0.1) is 6.20 Å². The Morgan fingerprint density at radius 2 is 2.42 bits per heavy atom. The van der Waals surface area contributed by atoms with Gasteiger partial charge in [-0.2, -0.15) is 5.10 Å². The van der Waals surface area contributed by atoms with Gasteiger partial charge in [0.1, 0.15) is 0 Å². The molecule has 0 amide bonds. The number of hydrogen-bond donors (Lipinski definition) is 0. The molecule has 0 radical (unpaired) electrons. The van der Waals surface area contributed by atoms with Gasteiger partial charge in [0.15, 0.2) is 0 Å². The molecule has 2 rings (SSSR count). The summed E-state index contributed by atoms with van der Waals surface area (Å²) >= 11 is 0. The van der Waals surface area contributed by atoms with Crippen LogP contribution in [0.1, 0.15) is 37.4 Å². The molecular formula is C10H16N2. The molecule has 12 heavy (non-hydrogen) atoms. The van der Waals surface area contributed by atoms with Crippen molar-refractivity contribution >= 4 is 0 Å². The maximum atomic E-state index is 4.39. The van der Waals surface area contributed by atoms with E-state index in [4.69, 9.17) is 0 Å². The number of rotatable bonds is 2. The van der Waals surface area contributed by atoms with Crippen LogP contribution in [0.15, 0.2) is 6.20 Å². The van der Waals surface area contributed by atoms with Gasteiger partial charge in [0.2, 0.25) is 0 Å². The first kappa shape index (κ1) is 7.84. The van der Waals surface area contributed by atoms with Gasteiger partial charge in [-0.15, -0.1) is 0 Å². The number of aryl methyl sites for hydroxylation is 2. The predicted molar refractivity (Wildman–Crippen MR) is 49.2 cm³/mol. The van der Waals surface area contributed by atoms with Crippen LogP contribution in [0.5, 0.6) is 0 Å². The average molecular weight is 164 g/mol. The molecule has 0 bridgehead atoms. The molecule has 1 aromatic rings. The van der Waals surface area contributed by atoms with Crippen LogP contribution in [0, 0.1) is 0 Å². The summed E-state index contributed by atoms with van der Waals surface area (Å²) in [4.78, 5) is 0. The fourth-order valence-corrected chi connectivity index (χ4v) is 1.96. The minimum atomic E-state index is 1.14. The molecule has 2 nitrogen and oxygen atoms in total. The fraction of sp³-hybridized carbons (Fsp3) is 0.700. The third-order valence-electron chi connectivity index (χ3n) is 2.59. The highest BCUT2D eigenvalue weighted by Gasteiger charge is 2.13. The van der Waals surface area contributed by atoms with Gasteiger partial charge in [0.25, 0.3) is 0 Å². The van der Waals surface area contributed by atoms with Crippen LogP contribution in [-0.2, 0) is 19.4 Å². The zero-order valence-electron chi connectivity index (χ0n) is 7.71. The molecule has 2 heterocycles. The standard InChI is InChI=1S/C10H16N2/c1-2-5-9-8-11-12-7-4-3-6-10(9)12/h8H,2-7H2,1H3. The molecular weight excluding hydrogens is 148 g/mol. The highest BCUT2D eigenvalue weighted by Crippen LogP contribution is 2.18. The van der Waals surface area contributed by atoms with Gasteiger partial charge in [-0.1, -0.05) is 13.3 Å². The Kier molecular flexibility index (Phi) is 2.15. The number of nitrogens with zero attached hydrogens (tertiary/aromatic N) is 2. The van der Waals surface area contributed by atoms with E-state index in [-0.39, 0.29) is 0 Å². The van der Waals surface area contributed by atoms with Crippen molar-refractivity contribution in [1.29, 1.82) is 0 Å². The van der Waals surface area contributed by atoms with Crippen molar-refractivity contribution in [3.8, 4) is 0 Å². The molecule has 1 aliphatic heterocycles. The molecule has 0 saturated heterocycles. The Labute approximate surface area is 73.6 Å². The second-order valence-electron chi connectivity index (χ2n) is 3.55. The summed E-state index contributed by atoms with van der Waals surface area (Å²) in [5.74, 6) is 0. The third kappa shape index (κ3) is 1.26. The Hall–Kier alpha value is -0.790. The molecule has 0 spiro atoms. The van der Waals surface area contributed by atoms with Gasteiger partial charge in [0, 0.05) is 12.2 Å². The van der Waals surface area contributed by atoms with Gasteiger partial charge in [-0.3, -0.25) is 4.68 Å². The van der Waals surface area contributed by atoms with Crippen LogP contribution < -0.4 is 0 Å². The first-order valence-electron chi connectivity index (χ1n) is 4.95. The quantitative estimate of drug-likeness (QED) is 0.655. The summed E-state index contributed by atoms with van der Waals surface area (Å²) in [6.45, 7) is 3.37. The zero-order valence-corrected chi connectivity index (χ0v) is 7.71. The number of aromatic nitrogens is 2. The van der Waals surface area contributed by atoms with Crippen LogP contribution in [0.3, 0.4) is 0 Å². The van der Waals surface area contributed by atoms with Crippen molar-refractivity contribution in [1.82, 2.24) is 9.78 Å². The minimum Gasteiger partial charge on any atom is -0.269 e. The molecule has 1 aromatic heterocycles. The molecule has 1 aliphatic rings. The molecule has 0 aromatic carbocycles. The molecule has 2 heteroatoms. The van der Waals surface area contributed by atoms with E-state index in [2.05, 4.69) is 22.9 Å². The highest BCUT2D eigenvalue weighted by molar-refractivity contribution is 5.19. The normalized spacial score (nSPS) is 16.1. The van der Waals surface area contributed by atoms with Gasteiger partial charge >= 0.3 is 0 Å². The first-order valence-corrected chi connectivity index (χ1v) is 4.95. The molecule has 0 atom stereocenters. The van der Waals surface area contributed by atoms with Gasteiger partial charge in [-0.05, 0) is 31.2 Å². The predicted octanol–water partition coefficient (Wildman–Crippen LogP) is 2.17. The highest BCUT2D eigenvalue weighted by atomic mass is 15.3. The van der Waals surface area contributed by atoms with Crippen molar-refractivity contribution in [2.45, 2.75) is 45.6 Å². The summed E-state index contributed by atoms with van der Waals surface area (Å²) in [6, 6.07) is 0. The summed E-state index contributed by atoms with van der Waals surface area (Å²) in [6.07, 6.45) is 8.40. The van der Waals surface area contributed by atoms with E-state index >= 15 is 0 Å². The summed E-state index contributed by atoms with van der Waals surface area (Å²) in [5.41, 5.74) is 2.99. The molecule has 0 aliphatic carbocycles. The van der Waals surface area contributed by atoms with Crippen LogP contribution in [0.25, 0.3) is 0 Å². The lowest BCUT2D eigenvalue weighted by atomic mass is 10.0. The third-order valence-corrected chi connectivity index (χ3v) is 2.59. The van der Waals surface area contributed by atoms with Crippen molar-refractivity contribution in [3.63, 3.8) is 0 Å². The van der Waals surface area contributed by atoms with Gasteiger partial charge in [-0.25, -0.2) is 0 Å². The summed E-state index contributed by atoms with van der Waals surface area (Å²) < 4.78 is 2.19. The van der Waals surface area contributed by atoms with Crippen molar-refractivity contribution < 1.29 is 0 Å². The van der Waals surface area contributed by atoms with Crippen molar-refractivity contribution in [3.05, 3.63) is 17.5 Å². The van der Waals surface area contributed by atoms with E-state index in [1.54, 1.807) is 0 Å². The smallest absolute Gasteiger partial charge is 0.0524 e. The SMILES string of the molecule is CCCc1cnn2c1CCCC2. The lowest BCUT2D eigenvalue weighted by Crippen LogP contribution is -2.11. The lowest BCUT2D eigenvalue weighted by Gasteiger charge is -2.14. The molecule has 0 N–H and O–H groups in total. The van der Waals surface area contributed by atoms with E-state index < -0.39 is 0 Å². The van der Waals surface area contributed by atoms with Gasteiger partial charge < -0.3 is 0 Å². The van der Waals surface area contributed by atoms with Crippen LogP contribution in [-0.4, -0.2) is 9.78 Å². The Morgan fingerprint density at radius 1 is 1.50 bits per heavy atom. The average Bonchev–Trinajstić information content (AvgIpc) is 2.50. The fourth-order valence-electron chi connectivity index (χ4n) is 1.96. The topological polar surface area (TPSA) is 17.8 Å².